The second kappa shape index (κ2) is 13.6. The van der Waals surface area contributed by atoms with Crippen molar-refractivity contribution in [2.45, 2.75) is 18.9 Å². The number of carboxylic acid groups (broad SMARTS) is 1. The summed E-state index contributed by atoms with van der Waals surface area (Å²) < 4.78 is 10.4. The molecule has 1 unspecified atom stereocenters. The van der Waals surface area contributed by atoms with Crippen LogP contribution in [0.1, 0.15) is 17.8 Å². The molecule has 2 N–H and O–H groups in total. The molecule has 0 saturated carbocycles. The third-order valence-electron chi connectivity index (χ3n) is 5.28. The Bertz CT molecular complexity index is 1060. The van der Waals surface area contributed by atoms with Crippen LogP contribution in [0.3, 0.4) is 0 Å². The number of aliphatic carboxylic acids is 1. The molecule has 3 heterocycles. The van der Waals surface area contributed by atoms with Crippen LogP contribution in [0.25, 0.3) is 0 Å². The van der Waals surface area contributed by atoms with E-state index >= 15 is 0 Å². The number of rotatable bonds is 7. The highest BCUT2D eigenvalue weighted by molar-refractivity contribution is 7.11. The first-order valence-electron chi connectivity index (χ1n) is 10.8. The summed E-state index contributed by atoms with van der Waals surface area (Å²) in [4.78, 5) is 33.9. The van der Waals surface area contributed by atoms with Crippen molar-refractivity contribution < 1.29 is 24.2 Å². The first kappa shape index (κ1) is 27.1. The Morgan fingerprint density at radius 2 is 2.11 bits per heavy atom. The van der Waals surface area contributed by atoms with E-state index in [1.165, 1.54) is 18.4 Å². The lowest BCUT2D eigenvalue weighted by Gasteiger charge is -2.36. The number of aromatic nitrogens is 1. The molecule has 188 valence electrons. The standard InChI is InChI=1S/C17H22N4O5S.C6H4Cl2/c1-25-17(24)12-8-19-15(16-18-4-7-27-16)20-13(12)9-21-5-6-26-10-11(21)2-3-14(22)23;7-5-2-1-3-6(8)4-5/h4,7,11H,2-3,5-6,8-10H2,1H3,(H,19,20)(H,22,23);1-4H. The van der Waals surface area contributed by atoms with Crippen molar-refractivity contribution in [2.75, 3.05) is 40.0 Å². The number of benzene rings is 1. The number of carboxylic acids is 1. The molecule has 2 aliphatic rings. The summed E-state index contributed by atoms with van der Waals surface area (Å²) in [5.41, 5.74) is 1.19. The van der Waals surface area contributed by atoms with Gasteiger partial charge in [-0.15, -0.1) is 11.3 Å². The molecule has 0 bridgehead atoms. The third kappa shape index (κ3) is 8.29. The number of nitrogens with zero attached hydrogens (tertiary/aromatic N) is 3. The number of methoxy groups -OCH3 is 1. The van der Waals surface area contributed by atoms with Crippen LogP contribution in [0.2, 0.25) is 10.0 Å². The van der Waals surface area contributed by atoms with Crippen LogP contribution in [0.15, 0.2) is 52.1 Å². The van der Waals surface area contributed by atoms with Crippen molar-refractivity contribution in [3.8, 4) is 0 Å². The second-order valence-corrected chi connectivity index (χ2v) is 9.41. The van der Waals surface area contributed by atoms with Gasteiger partial charge in [-0.1, -0.05) is 29.3 Å². The Kier molecular flexibility index (Phi) is 10.5. The fourth-order valence-electron chi connectivity index (χ4n) is 3.54. The molecule has 12 heteroatoms. The molecule has 1 aromatic heterocycles. The fourth-order valence-corrected chi connectivity index (χ4v) is 4.57. The minimum atomic E-state index is -0.830. The van der Waals surface area contributed by atoms with Gasteiger partial charge in [-0.3, -0.25) is 14.7 Å². The maximum atomic E-state index is 12.2. The highest BCUT2D eigenvalue weighted by Gasteiger charge is 2.29. The largest absolute Gasteiger partial charge is 0.481 e. The molecule has 35 heavy (non-hydrogen) atoms. The van der Waals surface area contributed by atoms with E-state index < -0.39 is 11.9 Å². The number of aliphatic imine (C=N–C) groups is 1. The third-order valence-corrected chi connectivity index (χ3v) is 6.53. The van der Waals surface area contributed by atoms with Crippen LogP contribution in [0.4, 0.5) is 0 Å². The molecule has 1 aromatic carbocycles. The zero-order valence-electron chi connectivity index (χ0n) is 19.1. The van der Waals surface area contributed by atoms with Gasteiger partial charge in [0.2, 0.25) is 0 Å². The number of ether oxygens (including phenoxy) is 2. The van der Waals surface area contributed by atoms with Gasteiger partial charge >= 0.3 is 11.9 Å². The number of carbonyl (C=O) groups is 2. The van der Waals surface area contributed by atoms with Crippen LogP contribution < -0.4 is 5.32 Å². The summed E-state index contributed by atoms with van der Waals surface area (Å²) in [7, 11) is 1.34. The summed E-state index contributed by atoms with van der Waals surface area (Å²) in [6.07, 6.45) is 2.27. The minimum absolute atomic E-state index is 0.0229. The van der Waals surface area contributed by atoms with Crippen molar-refractivity contribution in [1.82, 2.24) is 15.2 Å². The molecule has 0 amide bonds. The van der Waals surface area contributed by atoms with Crippen molar-refractivity contribution in [2.24, 2.45) is 4.99 Å². The molecule has 1 fully saturated rings. The monoisotopic (exact) mass is 540 g/mol. The summed E-state index contributed by atoms with van der Waals surface area (Å²) in [5.74, 6) is -0.623. The zero-order valence-corrected chi connectivity index (χ0v) is 21.4. The van der Waals surface area contributed by atoms with E-state index in [1.807, 2.05) is 11.4 Å². The maximum Gasteiger partial charge on any atom is 0.337 e. The van der Waals surface area contributed by atoms with E-state index in [0.29, 0.717) is 59.9 Å². The van der Waals surface area contributed by atoms with E-state index in [9.17, 15) is 9.59 Å². The number of hydrogen-bond acceptors (Lipinski definition) is 9. The van der Waals surface area contributed by atoms with Crippen LogP contribution >= 0.6 is 34.5 Å². The number of carbonyl (C=O) groups excluding carboxylic acids is 1. The number of esters is 1. The van der Waals surface area contributed by atoms with Crippen LogP contribution in [-0.2, 0) is 19.1 Å². The van der Waals surface area contributed by atoms with Gasteiger partial charge in [0.25, 0.3) is 0 Å². The Morgan fingerprint density at radius 3 is 2.71 bits per heavy atom. The fraction of sp³-hybridized carbons (Fsp3) is 0.391. The SMILES string of the molecule is COC(=O)C1=C(CN2CCOCC2CCC(=O)O)NC(c2nccs2)=NC1.Clc1cccc(Cl)c1. The highest BCUT2D eigenvalue weighted by atomic mass is 35.5. The molecule has 0 radical (unpaired) electrons. The van der Waals surface area contributed by atoms with Crippen molar-refractivity contribution >= 4 is 52.3 Å². The van der Waals surface area contributed by atoms with Crippen LogP contribution in [-0.4, -0.2) is 78.8 Å². The number of thiazole rings is 1. The summed E-state index contributed by atoms with van der Waals surface area (Å²) in [6, 6.07) is 7.06. The van der Waals surface area contributed by atoms with Gasteiger partial charge in [0.05, 0.1) is 32.4 Å². The van der Waals surface area contributed by atoms with Gasteiger partial charge in [0, 0.05) is 52.9 Å². The Balaban J connectivity index is 0.000000363. The van der Waals surface area contributed by atoms with E-state index in [0.717, 1.165) is 5.01 Å². The van der Waals surface area contributed by atoms with Crippen LogP contribution in [0, 0.1) is 0 Å². The Morgan fingerprint density at radius 1 is 1.34 bits per heavy atom. The molecule has 2 aromatic rings. The normalized spacial score (nSPS) is 18.1. The van der Waals surface area contributed by atoms with Crippen LogP contribution in [0.5, 0.6) is 0 Å². The summed E-state index contributed by atoms with van der Waals surface area (Å²) in [5, 5.41) is 16.2. The molecular formula is C23H26Cl2N4O5S. The number of halogens is 2. The molecule has 2 aliphatic heterocycles. The molecule has 0 aliphatic carbocycles. The molecule has 0 spiro atoms. The van der Waals surface area contributed by atoms with E-state index in [1.54, 1.807) is 24.4 Å². The highest BCUT2D eigenvalue weighted by Crippen LogP contribution is 2.19. The van der Waals surface area contributed by atoms with E-state index in [4.69, 9.17) is 37.8 Å². The zero-order chi connectivity index (χ0) is 25.2. The molecule has 1 atom stereocenters. The van der Waals surface area contributed by atoms with Gasteiger partial charge in [-0.2, -0.15) is 0 Å². The topological polar surface area (TPSA) is 113 Å². The minimum Gasteiger partial charge on any atom is -0.481 e. The Hall–Kier alpha value is -2.50. The number of amidine groups is 1. The Labute approximate surface area is 217 Å². The van der Waals surface area contributed by atoms with Crippen molar-refractivity contribution in [1.29, 1.82) is 0 Å². The lowest BCUT2D eigenvalue weighted by Crippen LogP contribution is -2.49. The van der Waals surface area contributed by atoms with Crippen molar-refractivity contribution in [3.63, 3.8) is 0 Å². The molecule has 1 saturated heterocycles. The van der Waals surface area contributed by atoms with Crippen molar-refractivity contribution in [3.05, 3.63) is 62.2 Å². The first-order valence-corrected chi connectivity index (χ1v) is 12.5. The number of morpholine rings is 1. The summed E-state index contributed by atoms with van der Waals surface area (Å²) in [6.45, 7) is 2.38. The van der Waals surface area contributed by atoms with Gasteiger partial charge in [0.1, 0.15) is 0 Å². The number of nitrogens with one attached hydrogen (secondary N) is 1. The first-order chi connectivity index (χ1) is 16.9. The van der Waals surface area contributed by atoms with E-state index in [2.05, 4.69) is 20.2 Å². The van der Waals surface area contributed by atoms with E-state index in [-0.39, 0.29) is 19.0 Å². The number of hydrogen-bond donors (Lipinski definition) is 2. The quantitative estimate of drug-likeness (QED) is 0.513. The maximum absolute atomic E-state index is 12.2. The second-order valence-electron chi connectivity index (χ2n) is 7.65. The average molecular weight is 541 g/mol. The van der Waals surface area contributed by atoms with Gasteiger partial charge in [-0.05, 0) is 24.6 Å². The van der Waals surface area contributed by atoms with Gasteiger partial charge in [0.15, 0.2) is 10.8 Å². The molecule has 4 rings (SSSR count). The molecule has 9 nitrogen and oxygen atoms in total. The summed E-state index contributed by atoms with van der Waals surface area (Å²) >= 11 is 12.6. The predicted molar refractivity (Wildman–Crippen MR) is 135 cm³/mol. The smallest absolute Gasteiger partial charge is 0.337 e. The predicted octanol–water partition coefficient (Wildman–Crippen LogP) is 3.48. The molecular weight excluding hydrogens is 515 g/mol. The van der Waals surface area contributed by atoms with Gasteiger partial charge in [-0.25, -0.2) is 9.78 Å². The lowest BCUT2D eigenvalue weighted by molar-refractivity contribution is -0.138. The van der Waals surface area contributed by atoms with Gasteiger partial charge < -0.3 is 19.9 Å². The lowest BCUT2D eigenvalue weighted by atomic mass is 10.1. The average Bonchev–Trinajstić information content (AvgIpc) is 3.38.